The maximum Gasteiger partial charge on any atom is 0.244 e. The smallest absolute Gasteiger partial charge is 0.244 e. The zero-order chi connectivity index (χ0) is 21.7. The van der Waals surface area contributed by atoms with Crippen molar-refractivity contribution in [2.75, 3.05) is 26.9 Å². The van der Waals surface area contributed by atoms with Gasteiger partial charge in [-0.05, 0) is 50.1 Å². The lowest BCUT2D eigenvalue weighted by atomic mass is 9.96. The summed E-state index contributed by atoms with van der Waals surface area (Å²) in [7, 11) is 1.60. The average molecular weight is 428 g/mol. The molecule has 0 aliphatic rings. The highest BCUT2D eigenvalue weighted by molar-refractivity contribution is 6.30. The van der Waals surface area contributed by atoms with Crippen LogP contribution in [0.4, 0.5) is 0 Å². The minimum Gasteiger partial charge on any atom is -0.493 e. The molecule has 0 unspecified atom stereocenters. The summed E-state index contributed by atoms with van der Waals surface area (Å²) in [6, 6.07) is 9.66. The van der Waals surface area contributed by atoms with Crippen molar-refractivity contribution in [1.29, 1.82) is 0 Å². The van der Waals surface area contributed by atoms with Crippen LogP contribution in [0.3, 0.4) is 0 Å². The van der Waals surface area contributed by atoms with E-state index in [9.17, 15) is 4.79 Å². The number of hydrogen-bond donors (Lipinski definition) is 1. The molecule has 0 saturated carbocycles. The molecule has 158 valence electrons. The van der Waals surface area contributed by atoms with Gasteiger partial charge in [-0.25, -0.2) is 0 Å². The third kappa shape index (κ3) is 4.69. The Balaban J connectivity index is 2.09. The van der Waals surface area contributed by atoms with E-state index in [-0.39, 0.29) is 5.91 Å². The van der Waals surface area contributed by atoms with Gasteiger partial charge in [0.05, 0.1) is 19.5 Å². The van der Waals surface area contributed by atoms with Crippen molar-refractivity contribution in [2.45, 2.75) is 20.8 Å². The monoisotopic (exact) mass is 427 g/mol. The predicted octanol–water partition coefficient (Wildman–Crippen LogP) is 5.63. The van der Waals surface area contributed by atoms with Crippen LogP contribution in [0.25, 0.3) is 27.7 Å². The summed E-state index contributed by atoms with van der Waals surface area (Å²) in [6.07, 6.45) is 3.33. The first-order chi connectivity index (χ1) is 14.5. The maximum absolute atomic E-state index is 12.3. The summed E-state index contributed by atoms with van der Waals surface area (Å²) in [6.45, 7) is 7.24. The van der Waals surface area contributed by atoms with Gasteiger partial charge < -0.3 is 19.2 Å². The Labute approximate surface area is 181 Å². The molecule has 30 heavy (non-hydrogen) atoms. The molecule has 0 saturated heterocycles. The van der Waals surface area contributed by atoms with E-state index in [2.05, 4.69) is 5.32 Å². The van der Waals surface area contributed by atoms with Crippen molar-refractivity contribution >= 4 is 34.1 Å². The molecule has 1 aromatic heterocycles. The molecule has 2 aromatic carbocycles. The molecule has 3 rings (SSSR count). The van der Waals surface area contributed by atoms with Crippen LogP contribution in [0.15, 0.2) is 47.1 Å². The Kier molecular flexibility index (Phi) is 7.19. The number of furan rings is 1. The van der Waals surface area contributed by atoms with E-state index in [0.29, 0.717) is 24.8 Å². The molecule has 5 nitrogen and oxygen atoms in total. The quantitative estimate of drug-likeness (QED) is 0.374. The normalized spacial score (nSPS) is 11.7. The molecule has 0 aliphatic heterocycles. The molecule has 0 radical (unpaired) electrons. The van der Waals surface area contributed by atoms with Gasteiger partial charge in [0.15, 0.2) is 0 Å². The molecular formula is C24H26ClNO4. The first-order valence-corrected chi connectivity index (χ1v) is 10.2. The van der Waals surface area contributed by atoms with Gasteiger partial charge in [-0.3, -0.25) is 4.79 Å². The number of rotatable bonds is 8. The molecule has 6 heteroatoms. The third-order valence-corrected chi connectivity index (χ3v) is 5.12. The minimum atomic E-state index is -0.171. The number of ether oxygens (including phenoxy) is 2. The lowest BCUT2D eigenvalue weighted by molar-refractivity contribution is -0.116. The minimum absolute atomic E-state index is 0.171. The van der Waals surface area contributed by atoms with Gasteiger partial charge in [-0.15, -0.1) is 0 Å². The van der Waals surface area contributed by atoms with Crippen LogP contribution in [0.1, 0.15) is 25.0 Å². The van der Waals surface area contributed by atoms with Gasteiger partial charge in [0.2, 0.25) is 5.91 Å². The Morgan fingerprint density at radius 1 is 1.27 bits per heavy atom. The van der Waals surface area contributed by atoms with Crippen LogP contribution in [-0.4, -0.2) is 32.8 Å². The highest BCUT2D eigenvalue weighted by Gasteiger charge is 2.19. The molecule has 1 amide bonds. The summed E-state index contributed by atoms with van der Waals surface area (Å²) >= 11 is 6.04. The standard InChI is InChI=1S/C24H26ClNO4/c1-5-29-23-16(3)24-20(21(14-30-24)17-6-8-18(25)9-7-17)13-19(23)15(2)12-22(27)26-10-11-28-4/h6-9,12-14H,5,10-11H2,1-4H3,(H,26,27)/b15-12+. The molecule has 0 fully saturated rings. The largest absolute Gasteiger partial charge is 0.493 e. The van der Waals surface area contributed by atoms with E-state index in [4.69, 9.17) is 25.5 Å². The molecule has 1 N–H and O–H groups in total. The van der Waals surface area contributed by atoms with E-state index in [1.165, 1.54) is 0 Å². The third-order valence-electron chi connectivity index (χ3n) is 4.87. The number of amides is 1. The van der Waals surface area contributed by atoms with Crippen LogP contribution < -0.4 is 10.1 Å². The zero-order valence-corrected chi connectivity index (χ0v) is 18.4. The number of hydrogen-bond acceptors (Lipinski definition) is 4. The Morgan fingerprint density at radius 3 is 2.67 bits per heavy atom. The molecule has 0 bridgehead atoms. The van der Waals surface area contributed by atoms with Gasteiger partial charge in [-0.1, -0.05) is 23.7 Å². The number of methoxy groups -OCH3 is 1. The average Bonchev–Trinajstić information content (AvgIpc) is 3.15. The van der Waals surface area contributed by atoms with E-state index < -0.39 is 0 Å². The number of fused-ring (bicyclic) bond motifs is 1. The Morgan fingerprint density at radius 2 is 2.00 bits per heavy atom. The van der Waals surface area contributed by atoms with Crippen molar-refractivity contribution in [3.05, 3.63) is 58.8 Å². The zero-order valence-electron chi connectivity index (χ0n) is 17.7. The van der Waals surface area contributed by atoms with E-state index in [1.807, 2.05) is 51.1 Å². The summed E-state index contributed by atoms with van der Waals surface area (Å²) in [4.78, 5) is 12.3. The SMILES string of the molecule is CCOc1c(/C(C)=C/C(=O)NCCOC)cc2c(-c3ccc(Cl)cc3)coc2c1C. The van der Waals surface area contributed by atoms with Gasteiger partial charge in [0, 0.05) is 46.8 Å². The van der Waals surface area contributed by atoms with Crippen LogP contribution in [0.5, 0.6) is 5.75 Å². The van der Waals surface area contributed by atoms with Gasteiger partial charge in [-0.2, -0.15) is 0 Å². The van der Waals surface area contributed by atoms with Crippen LogP contribution >= 0.6 is 11.6 Å². The number of nitrogens with one attached hydrogen (secondary N) is 1. The highest BCUT2D eigenvalue weighted by atomic mass is 35.5. The van der Waals surface area contributed by atoms with Crippen LogP contribution in [0.2, 0.25) is 5.02 Å². The molecule has 0 aliphatic carbocycles. The summed E-state index contributed by atoms with van der Waals surface area (Å²) in [5.74, 6) is 0.551. The number of carbonyl (C=O) groups is 1. The van der Waals surface area contributed by atoms with Gasteiger partial charge in [0.1, 0.15) is 11.3 Å². The number of aryl methyl sites for hydroxylation is 1. The summed E-state index contributed by atoms with van der Waals surface area (Å²) in [5.41, 5.74) is 5.31. The van der Waals surface area contributed by atoms with Crippen molar-refractivity contribution < 1.29 is 18.7 Å². The second-order valence-corrected chi connectivity index (χ2v) is 7.39. The first kappa shape index (κ1) is 21.9. The second kappa shape index (κ2) is 9.83. The lowest BCUT2D eigenvalue weighted by Crippen LogP contribution is -2.25. The molecule has 3 aromatic rings. The maximum atomic E-state index is 12.3. The van der Waals surface area contributed by atoms with Crippen molar-refractivity contribution in [3.63, 3.8) is 0 Å². The van der Waals surface area contributed by atoms with Gasteiger partial charge in [0.25, 0.3) is 0 Å². The number of allylic oxidation sites excluding steroid dienone is 1. The molecule has 1 heterocycles. The number of carbonyl (C=O) groups excluding carboxylic acids is 1. The Bertz CT molecular complexity index is 1070. The second-order valence-electron chi connectivity index (χ2n) is 6.96. The Hall–Kier alpha value is -2.76. The van der Waals surface area contributed by atoms with E-state index >= 15 is 0 Å². The highest BCUT2D eigenvalue weighted by Crippen LogP contribution is 2.40. The first-order valence-electron chi connectivity index (χ1n) is 9.85. The fourth-order valence-electron chi connectivity index (χ4n) is 3.39. The van der Waals surface area contributed by atoms with Crippen LogP contribution in [-0.2, 0) is 9.53 Å². The van der Waals surface area contributed by atoms with Crippen molar-refractivity contribution in [1.82, 2.24) is 5.32 Å². The van der Waals surface area contributed by atoms with Crippen molar-refractivity contribution in [2.24, 2.45) is 0 Å². The molecule has 0 atom stereocenters. The van der Waals surface area contributed by atoms with E-state index in [1.54, 1.807) is 19.4 Å². The van der Waals surface area contributed by atoms with E-state index in [0.717, 1.165) is 44.5 Å². The predicted molar refractivity (Wildman–Crippen MR) is 121 cm³/mol. The summed E-state index contributed by atoms with van der Waals surface area (Å²) in [5, 5.41) is 4.45. The summed E-state index contributed by atoms with van der Waals surface area (Å²) < 4.78 is 16.8. The fraction of sp³-hybridized carbons (Fsp3) is 0.292. The van der Waals surface area contributed by atoms with Crippen LogP contribution in [0, 0.1) is 6.92 Å². The fourth-order valence-corrected chi connectivity index (χ4v) is 3.52. The lowest BCUT2D eigenvalue weighted by Gasteiger charge is -2.15. The van der Waals surface area contributed by atoms with Gasteiger partial charge >= 0.3 is 0 Å². The number of benzene rings is 2. The molecular weight excluding hydrogens is 402 g/mol. The number of halogens is 1. The topological polar surface area (TPSA) is 60.7 Å². The molecule has 0 spiro atoms. The van der Waals surface area contributed by atoms with Crippen molar-refractivity contribution in [3.8, 4) is 16.9 Å².